The Morgan fingerprint density at radius 2 is 0.758 bits per heavy atom. The Balaban J connectivity index is 3.38. The molecule has 0 spiro atoms. The molecule has 0 aromatic carbocycles. The van der Waals surface area contributed by atoms with E-state index in [2.05, 4.69) is 31.3 Å². The van der Waals surface area contributed by atoms with Crippen LogP contribution in [0, 0.1) is 0 Å². The van der Waals surface area contributed by atoms with E-state index >= 15 is 0 Å². The summed E-state index contributed by atoms with van der Waals surface area (Å²) in [5.74, 6) is -0.0383. The number of carbonyl (C=O) groups is 2. The Bertz CT molecular complexity index is 924. The van der Waals surface area contributed by atoms with Gasteiger partial charge in [-0.2, -0.15) is 0 Å². The van der Waals surface area contributed by atoms with Gasteiger partial charge in [-0.1, -0.05) is 257 Å². The second kappa shape index (κ2) is 52.2. The maximum Gasteiger partial charge on any atom is 0.305 e. The molecule has 3 N–H and O–H groups in total. The fraction of sp³-hybridized carbons (Fsp3) is 0.929. The quantitative estimate of drug-likeness (QED) is 0.0321. The molecule has 6 nitrogen and oxygen atoms in total. The minimum absolute atomic E-state index is 0.00797. The Labute approximate surface area is 387 Å². The number of amides is 1. The summed E-state index contributed by atoms with van der Waals surface area (Å²) < 4.78 is 5.48. The third-order valence-corrected chi connectivity index (χ3v) is 13.1. The van der Waals surface area contributed by atoms with Crippen LogP contribution in [0.5, 0.6) is 0 Å². The van der Waals surface area contributed by atoms with E-state index in [-0.39, 0.29) is 18.5 Å². The lowest BCUT2D eigenvalue weighted by Crippen LogP contribution is -2.45. The number of aliphatic hydroxyl groups is 2. The van der Waals surface area contributed by atoms with Crippen molar-refractivity contribution in [3.63, 3.8) is 0 Å². The van der Waals surface area contributed by atoms with Gasteiger partial charge in [-0.3, -0.25) is 9.59 Å². The highest BCUT2D eigenvalue weighted by atomic mass is 16.5. The molecule has 0 aliphatic carbocycles. The van der Waals surface area contributed by atoms with Crippen LogP contribution in [0.2, 0.25) is 0 Å². The number of hydrogen-bond donors (Lipinski definition) is 3. The lowest BCUT2D eigenvalue weighted by molar-refractivity contribution is -0.143. The highest BCUT2D eigenvalue weighted by molar-refractivity contribution is 5.76. The van der Waals surface area contributed by atoms with Crippen LogP contribution >= 0.6 is 0 Å². The normalized spacial score (nSPS) is 12.6. The number of unbranched alkanes of at least 4 members (excludes halogenated alkanes) is 39. The highest BCUT2D eigenvalue weighted by Crippen LogP contribution is 2.17. The third kappa shape index (κ3) is 48.1. The molecule has 0 aliphatic heterocycles. The highest BCUT2D eigenvalue weighted by Gasteiger charge is 2.20. The maximum atomic E-state index is 12.4. The predicted octanol–water partition coefficient (Wildman–Crippen LogP) is 16.9. The third-order valence-electron chi connectivity index (χ3n) is 13.1. The number of carbonyl (C=O) groups excluding carboxylic acids is 2. The Hall–Kier alpha value is -1.40. The second-order valence-electron chi connectivity index (χ2n) is 19.3. The average molecular weight is 876 g/mol. The number of aliphatic hydroxyl groups excluding tert-OH is 2. The van der Waals surface area contributed by atoms with Crippen molar-refractivity contribution in [1.29, 1.82) is 0 Å². The van der Waals surface area contributed by atoms with Gasteiger partial charge in [0.1, 0.15) is 0 Å². The van der Waals surface area contributed by atoms with Crippen molar-refractivity contribution in [3.8, 4) is 0 Å². The van der Waals surface area contributed by atoms with Gasteiger partial charge in [-0.05, 0) is 51.4 Å². The van der Waals surface area contributed by atoms with Crippen molar-refractivity contribution in [2.45, 2.75) is 321 Å². The van der Waals surface area contributed by atoms with Crippen molar-refractivity contribution in [1.82, 2.24) is 5.32 Å². The molecule has 62 heavy (non-hydrogen) atoms. The predicted molar refractivity (Wildman–Crippen MR) is 269 cm³/mol. The molecule has 0 saturated carbocycles. The molecule has 0 radical (unpaired) electrons. The van der Waals surface area contributed by atoms with Crippen molar-refractivity contribution in [2.75, 3.05) is 13.2 Å². The van der Waals surface area contributed by atoms with Crippen LogP contribution < -0.4 is 5.32 Å². The molecule has 0 aliphatic rings. The van der Waals surface area contributed by atoms with Crippen molar-refractivity contribution < 1.29 is 24.5 Å². The molecular formula is C56H109NO5. The maximum absolute atomic E-state index is 12.4. The van der Waals surface area contributed by atoms with Gasteiger partial charge in [0.2, 0.25) is 5.91 Å². The lowest BCUT2D eigenvalue weighted by atomic mass is 10.0. The van der Waals surface area contributed by atoms with E-state index < -0.39 is 12.1 Å². The molecule has 0 heterocycles. The van der Waals surface area contributed by atoms with Crippen LogP contribution in [0.15, 0.2) is 12.2 Å². The minimum Gasteiger partial charge on any atom is -0.466 e. The zero-order valence-electron chi connectivity index (χ0n) is 41.9. The summed E-state index contributed by atoms with van der Waals surface area (Å²) in [4.78, 5) is 24.5. The van der Waals surface area contributed by atoms with Gasteiger partial charge in [0.15, 0.2) is 0 Å². The summed E-state index contributed by atoms with van der Waals surface area (Å²) in [7, 11) is 0. The van der Waals surface area contributed by atoms with Gasteiger partial charge in [-0.25, -0.2) is 0 Å². The van der Waals surface area contributed by atoms with Gasteiger partial charge in [-0.15, -0.1) is 0 Å². The number of nitrogens with one attached hydrogen (secondary N) is 1. The topological polar surface area (TPSA) is 95.9 Å². The van der Waals surface area contributed by atoms with Gasteiger partial charge < -0.3 is 20.3 Å². The first kappa shape index (κ1) is 60.6. The summed E-state index contributed by atoms with van der Waals surface area (Å²) in [5, 5.41) is 23.1. The van der Waals surface area contributed by atoms with Crippen LogP contribution in [-0.4, -0.2) is 47.4 Å². The first-order chi connectivity index (χ1) is 30.5. The van der Waals surface area contributed by atoms with Crippen LogP contribution in [-0.2, 0) is 14.3 Å². The van der Waals surface area contributed by atoms with Gasteiger partial charge in [0, 0.05) is 12.8 Å². The second-order valence-corrected chi connectivity index (χ2v) is 19.3. The SMILES string of the molecule is CCCCCCCCCCCCCCCCCCCC(=O)OCCCCCCCCCC/C=C\CCCCCCCCCC(=O)NC(CO)C(O)CCCCCCCCCCC. The van der Waals surface area contributed by atoms with E-state index in [9.17, 15) is 19.8 Å². The van der Waals surface area contributed by atoms with Crippen LogP contribution in [0.25, 0.3) is 0 Å². The zero-order valence-corrected chi connectivity index (χ0v) is 41.9. The van der Waals surface area contributed by atoms with Crippen molar-refractivity contribution in [2.24, 2.45) is 0 Å². The molecule has 0 aromatic heterocycles. The molecule has 0 bridgehead atoms. The Morgan fingerprint density at radius 3 is 1.15 bits per heavy atom. The van der Waals surface area contributed by atoms with E-state index in [1.165, 1.54) is 238 Å². The summed E-state index contributed by atoms with van der Waals surface area (Å²) in [6, 6.07) is -0.545. The smallest absolute Gasteiger partial charge is 0.305 e. The summed E-state index contributed by atoms with van der Waals surface area (Å²) in [6.45, 7) is 4.93. The van der Waals surface area contributed by atoms with Gasteiger partial charge in [0.25, 0.3) is 0 Å². The van der Waals surface area contributed by atoms with Crippen LogP contribution in [0.3, 0.4) is 0 Å². The first-order valence-electron chi connectivity index (χ1n) is 27.9. The Morgan fingerprint density at radius 1 is 0.435 bits per heavy atom. The van der Waals surface area contributed by atoms with E-state index in [0.717, 1.165) is 38.5 Å². The molecule has 0 aromatic rings. The molecular weight excluding hydrogens is 767 g/mol. The number of hydrogen-bond acceptors (Lipinski definition) is 5. The molecule has 2 atom stereocenters. The number of allylic oxidation sites excluding steroid dienone is 2. The minimum atomic E-state index is -0.667. The number of ether oxygens (including phenoxy) is 1. The van der Waals surface area contributed by atoms with E-state index in [1.54, 1.807) is 0 Å². The largest absolute Gasteiger partial charge is 0.466 e. The monoisotopic (exact) mass is 876 g/mol. The Kier molecular flexibility index (Phi) is 51.0. The summed E-state index contributed by atoms with van der Waals surface area (Å²) in [5.41, 5.74) is 0. The molecule has 0 saturated heterocycles. The van der Waals surface area contributed by atoms with E-state index in [0.29, 0.717) is 25.9 Å². The molecule has 0 fully saturated rings. The standard InChI is InChI=1S/C56H109NO5/c1-3-5-7-9-11-13-14-15-16-20-24-27-30-34-38-42-46-50-56(61)62-51-47-43-39-35-31-28-25-22-19-17-18-21-23-26-29-33-37-41-45-49-55(60)57-53(52-58)54(59)48-44-40-36-32-12-10-8-6-4-2/h17-18,53-54,58-59H,3-16,19-52H2,1-2H3,(H,57,60)/b18-17-. The van der Waals surface area contributed by atoms with Gasteiger partial charge in [0.05, 0.1) is 25.4 Å². The van der Waals surface area contributed by atoms with E-state index in [1.807, 2.05) is 0 Å². The molecule has 0 rings (SSSR count). The van der Waals surface area contributed by atoms with Crippen molar-refractivity contribution in [3.05, 3.63) is 12.2 Å². The number of esters is 1. The molecule has 368 valence electrons. The fourth-order valence-corrected chi connectivity index (χ4v) is 8.75. The average Bonchev–Trinajstić information content (AvgIpc) is 3.27. The van der Waals surface area contributed by atoms with E-state index in [4.69, 9.17) is 4.74 Å². The molecule has 2 unspecified atom stereocenters. The van der Waals surface area contributed by atoms with Gasteiger partial charge >= 0.3 is 5.97 Å². The fourth-order valence-electron chi connectivity index (χ4n) is 8.75. The number of rotatable bonds is 52. The first-order valence-corrected chi connectivity index (χ1v) is 27.9. The summed E-state index contributed by atoms with van der Waals surface area (Å²) >= 11 is 0. The van der Waals surface area contributed by atoms with Crippen LogP contribution in [0.1, 0.15) is 309 Å². The molecule has 6 heteroatoms. The molecule has 1 amide bonds. The zero-order chi connectivity index (χ0) is 45.1. The van der Waals surface area contributed by atoms with Crippen LogP contribution in [0.4, 0.5) is 0 Å². The summed E-state index contributed by atoms with van der Waals surface area (Å²) in [6.07, 6.45) is 60.6. The van der Waals surface area contributed by atoms with Crippen molar-refractivity contribution >= 4 is 11.9 Å². The lowest BCUT2D eigenvalue weighted by Gasteiger charge is -2.22.